The Morgan fingerprint density at radius 2 is 1.96 bits per heavy atom. The molecule has 0 saturated carbocycles. The van der Waals surface area contributed by atoms with Crippen LogP contribution < -0.4 is 10.1 Å². The molecule has 0 bridgehead atoms. The van der Waals surface area contributed by atoms with E-state index in [0.717, 1.165) is 0 Å². The van der Waals surface area contributed by atoms with E-state index in [1.54, 1.807) is 18.2 Å². The van der Waals surface area contributed by atoms with Gasteiger partial charge < -0.3 is 10.1 Å². The van der Waals surface area contributed by atoms with Crippen molar-refractivity contribution in [1.29, 1.82) is 0 Å². The molecule has 1 aliphatic rings. The summed E-state index contributed by atoms with van der Waals surface area (Å²) in [5.41, 5.74) is 0. The molecule has 0 radical (unpaired) electrons. The van der Waals surface area contributed by atoms with Gasteiger partial charge in [0.15, 0.2) is 0 Å². The van der Waals surface area contributed by atoms with Crippen LogP contribution in [0.4, 0.5) is 0 Å². The van der Waals surface area contributed by atoms with Crippen LogP contribution in [0.3, 0.4) is 0 Å². The molecular formula is C15H19Cl2NO4S. The normalized spacial score (nSPS) is 17.7. The number of halogens is 2. The van der Waals surface area contributed by atoms with Crippen LogP contribution in [0.15, 0.2) is 18.2 Å². The smallest absolute Gasteiger partial charge is 0.220 e. The van der Waals surface area contributed by atoms with Gasteiger partial charge in [-0.1, -0.05) is 23.2 Å². The molecule has 128 valence electrons. The van der Waals surface area contributed by atoms with E-state index in [1.165, 1.54) is 0 Å². The number of ether oxygens (including phenoxy) is 1. The molecule has 23 heavy (non-hydrogen) atoms. The number of rotatable bonds is 6. The minimum atomic E-state index is -2.90. The van der Waals surface area contributed by atoms with Gasteiger partial charge in [-0.15, -0.1) is 0 Å². The van der Waals surface area contributed by atoms with Gasteiger partial charge in [-0.25, -0.2) is 8.42 Å². The third-order valence-corrected chi connectivity index (χ3v) is 5.87. The predicted molar refractivity (Wildman–Crippen MR) is 91.0 cm³/mol. The lowest BCUT2D eigenvalue weighted by Crippen LogP contribution is -2.40. The maximum absolute atomic E-state index is 11.8. The van der Waals surface area contributed by atoms with Crippen LogP contribution in [0.25, 0.3) is 0 Å². The Labute approximate surface area is 146 Å². The van der Waals surface area contributed by atoms with Gasteiger partial charge in [-0.2, -0.15) is 0 Å². The zero-order valence-corrected chi connectivity index (χ0v) is 14.9. The first-order valence-electron chi connectivity index (χ1n) is 7.43. The van der Waals surface area contributed by atoms with Crippen LogP contribution in [-0.4, -0.2) is 38.5 Å². The quantitative estimate of drug-likeness (QED) is 0.771. The minimum Gasteiger partial charge on any atom is -0.492 e. The molecule has 1 amide bonds. The van der Waals surface area contributed by atoms with E-state index >= 15 is 0 Å². The Hall–Kier alpha value is -0.980. The first-order chi connectivity index (χ1) is 10.9. The minimum absolute atomic E-state index is 0.0438. The highest BCUT2D eigenvalue weighted by molar-refractivity contribution is 7.91. The monoisotopic (exact) mass is 379 g/mol. The summed E-state index contributed by atoms with van der Waals surface area (Å²) in [5.74, 6) is 0.751. The predicted octanol–water partition coefficient (Wildman–Crippen LogP) is 2.85. The average Bonchev–Trinajstić information content (AvgIpc) is 2.48. The molecule has 1 saturated heterocycles. The Kier molecular flexibility index (Phi) is 6.56. The summed E-state index contributed by atoms with van der Waals surface area (Å²) in [5, 5.41) is 3.85. The zero-order valence-electron chi connectivity index (χ0n) is 12.6. The van der Waals surface area contributed by atoms with Crippen molar-refractivity contribution in [2.45, 2.75) is 31.7 Å². The van der Waals surface area contributed by atoms with Gasteiger partial charge >= 0.3 is 0 Å². The molecule has 1 aliphatic heterocycles. The molecule has 1 heterocycles. The molecular weight excluding hydrogens is 361 g/mol. The number of nitrogens with one attached hydrogen (secondary N) is 1. The number of carbonyl (C=O) groups is 1. The largest absolute Gasteiger partial charge is 0.492 e. The summed E-state index contributed by atoms with van der Waals surface area (Å²) in [4.78, 5) is 11.8. The number of sulfone groups is 1. The van der Waals surface area contributed by atoms with Crippen LogP contribution in [0.1, 0.15) is 25.7 Å². The first-order valence-corrected chi connectivity index (χ1v) is 10.0. The standard InChI is InChI=1S/C15H19Cl2NO4S/c16-11-3-4-14(13(17)10-11)22-7-1-2-15(19)18-12-5-8-23(20,21)9-6-12/h3-4,10,12H,1-2,5-9H2,(H,18,19). The molecule has 0 aliphatic carbocycles. The van der Waals surface area contributed by atoms with Gasteiger partial charge in [-0.05, 0) is 37.5 Å². The maximum Gasteiger partial charge on any atom is 0.220 e. The van der Waals surface area contributed by atoms with Crippen molar-refractivity contribution in [2.75, 3.05) is 18.1 Å². The third kappa shape index (κ3) is 6.20. The Bertz CT molecular complexity index is 649. The van der Waals surface area contributed by atoms with Gasteiger partial charge in [0.25, 0.3) is 0 Å². The van der Waals surface area contributed by atoms with E-state index in [0.29, 0.717) is 48.1 Å². The molecule has 1 N–H and O–H groups in total. The molecule has 2 rings (SSSR count). The fourth-order valence-corrected chi connectivity index (χ4v) is 4.30. The van der Waals surface area contributed by atoms with Crippen LogP contribution in [0.2, 0.25) is 10.0 Å². The van der Waals surface area contributed by atoms with Gasteiger partial charge in [0.2, 0.25) is 5.91 Å². The number of hydrogen-bond donors (Lipinski definition) is 1. The highest BCUT2D eigenvalue weighted by Crippen LogP contribution is 2.27. The van der Waals surface area contributed by atoms with Crippen molar-refractivity contribution in [2.24, 2.45) is 0 Å². The number of amides is 1. The van der Waals surface area contributed by atoms with Crippen LogP contribution >= 0.6 is 23.2 Å². The lowest BCUT2D eigenvalue weighted by atomic mass is 10.1. The lowest BCUT2D eigenvalue weighted by molar-refractivity contribution is -0.122. The Morgan fingerprint density at radius 3 is 2.61 bits per heavy atom. The molecule has 1 aromatic rings. The maximum atomic E-state index is 11.8. The SMILES string of the molecule is O=C(CCCOc1ccc(Cl)cc1Cl)NC1CCS(=O)(=O)CC1. The summed E-state index contributed by atoms with van der Waals surface area (Å²) in [6, 6.07) is 4.93. The molecule has 8 heteroatoms. The highest BCUT2D eigenvalue weighted by atomic mass is 35.5. The van der Waals surface area contributed by atoms with Crippen molar-refractivity contribution in [3.05, 3.63) is 28.2 Å². The van der Waals surface area contributed by atoms with Crippen molar-refractivity contribution < 1.29 is 17.9 Å². The summed E-state index contributed by atoms with van der Waals surface area (Å²) in [6.45, 7) is 0.369. The molecule has 1 aromatic carbocycles. The van der Waals surface area contributed by atoms with Gasteiger partial charge in [-0.3, -0.25) is 4.79 Å². The molecule has 0 spiro atoms. The summed E-state index contributed by atoms with van der Waals surface area (Å²) >= 11 is 11.8. The van der Waals surface area contributed by atoms with Crippen LogP contribution in [0.5, 0.6) is 5.75 Å². The number of benzene rings is 1. The third-order valence-electron chi connectivity index (χ3n) is 3.62. The topological polar surface area (TPSA) is 72.5 Å². The second-order valence-corrected chi connectivity index (χ2v) is 8.67. The Morgan fingerprint density at radius 1 is 1.26 bits per heavy atom. The fourth-order valence-electron chi connectivity index (χ4n) is 2.34. The summed E-state index contributed by atoms with van der Waals surface area (Å²) < 4.78 is 28.2. The van der Waals surface area contributed by atoms with E-state index < -0.39 is 9.84 Å². The number of carbonyl (C=O) groups excluding carboxylic acids is 1. The lowest BCUT2D eigenvalue weighted by Gasteiger charge is -2.23. The molecule has 0 aromatic heterocycles. The van der Waals surface area contributed by atoms with Crippen LogP contribution in [-0.2, 0) is 14.6 Å². The van der Waals surface area contributed by atoms with Gasteiger partial charge in [0.05, 0.1) is 23.1 Å². The van der Waals surface area contributed by atoms with E-state index in [-0.39, 0.29) is 23.5 Å². The fraction of sp³-hybridized carbons (Fsp3) is 0.533. The summed E-state index contributed by atoms with van der Waals surface area (Å²) in [6.07, 6.45) is 1.86. The Balaban J connectivity index is 1.65. The second-order valence-electron chi connectivity index (χ2n) is 5.52. The first kappa shape index (κ1) is 18.4. The van der Waals surface area contributed by atoms with Crippen molar-refractivity contribution in [1.82, 2.24) is 5.32 Å². The van der Waals surface area contributed by atoms with Crippen molar-refractivity contribution >= 4 is 38.9 Å². The highest BCUT2D eigenvalue weighted by Gasteiger charge is 2.24. The van der Waals surface area contributed by atoms with E-state index in [9.17, 15) is 13.2 Å². The van der Waals surface area contributed by atoms with Gasteiger partial charge in [0, 0.05) is 17.5 Å². The second kappa shape index (κ2) is 8.22. The van der Waals surface area contributed by atoms with E-state index in [4.69, 9.17) is 27.9 Å². The van der Waals surface area contributed by atoms with Crippen LogP contribution in [0, 0.1) is 0 Å². The van der Waals surface area contributed by atoms with Gasteiger partial charge in [0.1, 0.15) is 15.6 Å². The molecule has 5 nitrogen and oxygen atoms in total. The summed E-state index contributed by atoms with van der Waals surface area (Å²) in [7, 11) is -2.90. The number of hydrogen-bond acceptors (Lipinski definition) is 4. The van der Waals surface area contributed by atoms with E-state index in [1.807, 2.05) is 0 Å². The van der Waals surface area contributed by atoms with Crippen molar-refractivity contribution in [3.8, 4) is 5.75 Å². The molecule has 0 unspecified atom stereocenters. The average molecular weight is 380 g/mol. The molecule has 0 atom stereocenters. The zero-order chi connectivity index (χ0) is 16.9. The van der Waals surface area contributed by atoms with E-state index in [2.05, 4.69) is 5.32 Å². The molecule has 1 fully saturated rings. The van der Waals surface area contributed by atoms with Crippen molar-refractivity contribution in [3.63, 3.8) is 0 Å².